The van der Waals surface area contributed by atoms with Gasteiger partial charge in [0.05, 0.1) is 4.87 Å². The van der Waals surface area contributed by atoms with E-state index in [1.165, 1.54) is 5.56 Å². The number of nitrogens with zero attached hydrogens (tertiary/aromatic N) is 1. The third-order valence-electron chi connectivity index (χ3n) is 5.40. The molecule has 0 N–H and O–H groups in total. The zero-order chi connectivity index (χ0) is 20.5. The van der Waals surface area contributed by atoms with Crippen LogP contribution in [0.1, 0.15) is 30.5 Å². The van der Waals surface area contributed by atoms with Crippen molar-refractivity contribution in [3.8, 4) is 5.75 Å². The molecule has 1 unspecified atom stereocenters. The first kappa shape index (κ1) is 21.4. The highest BCUT2D eigenvalue weighted by atomic mass is 35.5. The normalized spacial score (nSPS) is 13.2. The van der Waals surface area contributed by atoms with E-state index in [0.717, 1.165) is 42.9 Å². The number of halogens is 1. The minimum absolute atomic E-state index is 0.623. The van der Waals surface area contributed by atoms with Crippen LogP contribution in [-0.4, -0.2) is 31.1 Å². The standard InChI is InChI=1S/C26H30ClNO/c1-3-28(4-2)19-20-29-25-17-15-24(16-18-25)26(27,23-13-9-6-10-14-23)21-22-11-7-5-8-12-22/h5-18H,3-4,19-21H2,1-2H3. The van der Waals surface area contributed by atoms with Gasteiger partial charge in [0.15, 0.2) is 0 Å². The molecule has 152 valence electrons. The largest absolute Gasteiger partial charge is 0.492 e. The summed E-state index contributed by atoms with van der Waals surface area (Å²) in [6.07, 6.45) is 0.724. The van der Waals surface area contributed by atoms with Crippen LogP contribution in [0.4, 0.5) is 0 Å². The van der Waals surface area contributed by atoms with Gasteiger partial charge in [-0.1, -0.05) is 86.6 Å². The molecule has 0 saturated heterocycles. The molecule has 0 heterocycles. The zero-order valence-corrected chi connectivity index (χ0v) is 18.1. The highest BCUT2D eigenvalue weighted by Gasteiger charge is 2.32. The van der Waals surface area contributed by atoms with Gasteiger partial charge in [-0.3, -0.25) is 0 Å². The number of likely N-dealkylation sites (N-methyl/N-ethyl adjacent to an activating group) is 1. The van der Waals surface area contributed by atoms with Crippen molar-refractivity contribution in [2.75, 3.05) is 26.2 Å². The molecule has 0 aliphatic rings. The fourth-order valence-corrected chi connectivity index (χ4v) is 4.00. The van der Waals surface area contributed by atoms with Crippen LogP contribution in [-0.2, 0) is 11.3 Å². The number of rotatable bonds is 10. The Balaban J connectivity index is 1.79. The van der Waals surface area contributed by atoms with E-state index >= 15 is 0 Å². The van der Waals surface area contributed by atoms with E-state index in [-0.39, 0.29) is 0 Å². The lowest BCUT2D eigenvalue weighted by molar-refractivity contribution is 0.223. The maximum Gasteiger partial charge on any atom is 0.119 e. The first-order valence-electron chi connectivity index (χ1n) is 10.4. The Hall–Kier alpha value is -2.29. The summed E-state index contributed by atoms with van der Waals surface area (Å²) >= 11 is 7.31. The molecule has 0 bridgehead atoms. The van der Waals surface area contributed by atoms with Crippen molar-refractivity contribution < 1.29 is 4.74 Å². The van der Waals surface area contributed by atoms with E-state index in [9.17, 15) is 0 Å². The van der Waals surface area contributed by atoms with Gasteiger partial charge >= 0.3 is 0 Å². The molecular weight excluding hydrogens is 378 g/mol. The fourth-order valence-electron chi connectivity index (χ4n) is 3.60. The van der Waals surface area contributed by atoms with Gasteiger partial charge in [0.25, 0.3) is 0 Å². The van der Waals surface area contributed by atoms with Crippen molar-refractivity contribution in [3.05, 3.63) is 102 Å². The summed E-state index contributed by atoms with van der Waals surface area (Å²) in [5, 5.41) is 0. The van der Waals surface area contributed by atoms with Gasteiger partial charge in [0.2, 0.25) is 0 Å². The summed E-state index contributed by atoms with van der Waals surface area (Å²) in [4.78, 5) is 1.73. The topological polar surface area (TPSA) is 12.5 Å². The van der Waals surface area contributed by atoms with Crippen molar-refractivity contribution >= 4 is 11.6 Å². The van der Waals surface area contributed by atoms with Crippen molar-refractivity contribution in [1.29, 1.82) is 0 Å². The minimum atomic E-state index is -0.623. The molecule has 0 amide bonds. The first-order chi connectivity index (χ1) is 14.2. The van der Waals surface area contributed by atoms with Crippen LogP contribution in [0.5, 0.6) is 5.75 Å². The lowest BCUT2D eigenvalue weighted by Crippen LogP contribution is -2.28. The number of hydrogen-bond acceptors (Lipinski definition) is 2. The van der Waals surface area contributed by atoms with E-state index in [1.54, 1.807) is 0 Å². The van der Waals surface area contributed by atoms with E-state index in [0.29, 0.717) is 6.61 Å². The van der Waals surface area contributed by atoms with Gasteiger partial charge < -0.3 is 9.64 Å². The Kier molecular flexibility index (Phi) is 7.74. The molecule has 2 nitrogen and oxygen atoms in total. The lowest BCUT2D eigenvalue weighted by Gasteiger charge is -2.29. The molecule has 3 aromatic rings. The van der Waals surface area contributed by atoms with Crippen molar-refractivity contribution in [3.63, 3.8) is 0 Å². The highest BCUT2D eigenvalue weighted by molar-refractivity contribution is 6.26. The summed E-state index contributed by atoms with van der Waals surface area (Å²) in [6, 6.07) is 29.0. The Morgan fingerprint density at radius 1 is 0.759 bits per heavy atom. The second-order valence-corrected chi connectivity index (χ2v) is 7.87. The minimum Gasteiger partial charge on any atom is -0.492 e. The number of benzene rings is 3. The number of alkyl halides is 1. The zero-order valence-electron chi connectivity index (χ0n) is 17.4. The predicted octanol–water partition coefficient (Wildman–Crippen LogP) is 6.13. The van der Waals surface area contributed by atoms with Crippen molar-refractivity contribution in [1.82, 2.24) is 4.90 Å². The van der Waals surface area contributed by atoms with Crippen LogP contribution < -0.4 is 4.74 Å². The second-order valence-electron chi connectivity index (χ2n) is 7.23. The Labute approximate surface area is 180 Å². The van der Waals surface area contributed by atoms with Crippen LogP contribution >= 0.6 is 11.6 Å². The van der Waals surface area contributed by atoms with Crippen molar-refractivity contribution in [2.45, 2.75) is 25.1 Å². The molecule has 29 heavy (non-hydrogen) atoms. The van der Waals surface area contributed by atoms with Gasteiger partial charge in [0.1, 0.15) is 12.4 Å². The monoisotopic (exact) mass is 407 g/mol. The third kappa shape index (κ3) is 5.62. The first-order valence-corrected chi connectivity index (χ1v) is 10.8. The van der Waals surface area contributed by atoms with E-state index in [1.807, 2.05) is 36.4 Å². The molecular formula is C26H30ClNO. The summed E-state index contributed by atoms with van der Waals surface area (Å²) in [5.74, 6) is 0.882. The molecule has 0 fully saturated rings. The van der Waals surface area contributed by atoms with Crippen LogP contribution in [0.3, 0.4) is 0 Å². The Bertz CT molecular complexity index is 847. The van der Waals surface area contributed by atoms with Gasteiger partial charge in [0, 0.05) is 6.54 Å². The summed E-state index contributed by atoms with van der Waals surface area (Å²) in [6.45, 7) is 8.07. The third-order valence-corrected chi connectivity index (χ3v) is 5.97. The Morgan fingerprint density at radius 2 is 1.31 bits per heavy atom. The van der Waals surface area contributed by atoms with Crippen molar-refractivity contribution in [2.24, 2.45) is 0 Å². The maximum atomic E-state index is 7.31. The second kappa shape index (κ2) is 10.5. The summed E-state index contributed by atoms with van der Waals surface area (Å²) in [7, 11) is 0. The van der Waals surface area contributed by atoms with Crippen LogP contribution in [0, 0.1) is 0 Å². The molecule has 0 spiro atoms. The van der Waals surface area contributed by atoms with Crippen LogP contribution in [0.25, 0.3) is 0 Å². The molecule has 0 radical (unpaired) electrons. The summed E-state index contributed by atoms with van der Waals surface area (Å²) in [5.41, 5.74) is 3.39. The van der Waals surface area contributed by atoms with Gasteiger partial charge in [-0.2, -0.15) is 0 Å². The smallest absolute Gasteiger partial charge is 0.119 e. The van der Waals surface area contributed by atoms with Gasteiger partial charge in [-0.05, 0) is 48.3 Å². The molecule has 3 rings (SSSR count). The van der Waals surface area contributed by atoms with Crippen LogP contribution in [0.2, 0.25) is 0 Å². The quantitative estimate of drug-likeness (QED) is 0.374. The van der Waals surface area contributed by atoms with E-state index in [2.05, 4.69) is 67.3 Å². The molecule has 1 atom stereocenters. The molecule has 0 aliphatic carbocycles. The lowest BCUT2D eigenvalue weighted by atomic mass is 9.85. The van der Waals surface area contributed by atoms with E-state index < -0.39 is 4.87 Å². The fraction of sp³-hybridized carbons (Fsp3) is 0.308. The SMILES string of the molecule is CCN(CC)CCOc1ccc(C(Cl)(Cc2ccccc2)c2ccccc2)cc1. The number of ether oxygens (including phenoxy) is 1. The maximum absolute atomic E-state index is 7.31. The van der Waals surface area contributed by atoms with Gasteiger partial charge in [-0.25, -0.2) is 0 Å². The van der Waals surface area contributed by atoms with E-state index in [4.69, 9.17) is 16.3 Å². The summed E-state index contributed by atoms with van der Waals surface area (Å²) < 4.78 is 5.95. The highest BCUT2D eigenvalue weighted by Crippen LogP contribution is 2.40. The predicted molar refractivity (Wildman–Crippen MR) is 123 cm³/mol. The van der Waals surface area contributed by atoms with Gasteiger partial charge in [-0.15, -0.1) is 11.6 Å². The average Bonchev–Trinajstić information content (AvgIpc) is 2.78. The molecule has 0 aliphatic heterocycles. The average molecular weight is 408 g/mol. The molecule has 0 aromatic heterocycles. The molecule has 3 aromatic carbocycles. The number of hydrogen-bond donors (Lipinski definition) is 0. The molecule has 3 heteroatoms. The molecule has 0 saturated carbocycles. The Morgan fingerprint density at radius 3 is 1.90 bits per heavy atom. The van der Waals surface area contributed by atoms with Crippen LogP contribution in [0.15, 0.2) is 84.9 Å².